The lowest BCUT2D eigenvalue weighted by Crippen LogP contribution is -2.19. The highest BCUT2D eigenvalue weighted by atomic mass is 79.9. The molecular formula is C26H22BrN3O2S. The fourth-order valence-electron chi connectivity index (χ4n) is 4.43. The van der Waals surface area contributed by atoms with Gasteiger partial charge in [0.25, 0.3) is 11.8 Å². The van der Waals surface area contributed by atoms with Crippen LogP contribution in [-0.2, 0) is 12.8 Å². The number of primary amides is 1. The van der Waals surface area contributed by atoms with Gasteiger partial charge in [-0.1, -0.05) is 53.2 Å². The molecule has 2 aromatic heterocycles. The number of carbonyl (C=O) groups is 2. The minimum atomic E-state index is -0.494. The van der Waals surface area contributed by atoms with Crippen molar-refractivity contribution in [2.75, 3.05) is 5.32 Å². The van der Waals surface area contributed by atoms with Crippen molar-refractivity contribution in [3.8, 4) is 11.3 Å². The second-order valence-corrected chi connectivity index (χ2v) is 10.5. The highest BCUT2D eigenvalue weighted by Gasteiger charge is 2.28. The second-order valence-electron chi connectivity index (χ2n) is 8.46. The van der Waals surface area contributed by atoms with Gasteiger partial charge < -0.3 is 11.1 Å². The maximum absolute atomic E-state index is 13.5. The van der Waals surface area contributed by atoms with Gasteiger partial charge in [-0.25, -0.2) is 4.98 Å². The molecule has 4 aromatic rings. The molecule has 2 aromatic carbocycles. The molecule has 5 nitrogen and oxygen atoms in total. The van der Waals surface area contributed by atoms with Gasteiger partial charge in [0.15, 0.2) is 0 Å². The quantitative estimate of drug-likeness (QED) is 0.336. The lowest BCUT2D eigenvalue weighted by Gasteiger charge is -2.18. The summed E-state index contributed by atoms with van der Waals surface area (Å²) in [6.45, 7) is 2.21. The number of para-hydroxylation sites is 1. The zero-order valence-electron chi connectivity index (χ0n) is 18.0. The summed E-state index contributed by atoms with van der Waals surface area (Å²) in [5.74, 6) is -0.219. The largest absolute Gasteiger partial charge is 0.365 e. The van der Waals surface area contributed by atoms with Gasteiger partial charge in [0, 0.05) is 20.3 Å². The Kier molecular flexibility index (Phi) is 5.76. The third kappa shape index (κ3) is 4.18. The lowest BCUT2D eigenvalue weighted by atomic mass is 9.88. The molecule has 0 unspecified atom stereocenters. The molecule has 0 aliphatic heterocycles. The number of nitrogens with two attached hydrogens (primary N) is 1. The van der Waals surface area contributed by atoms with Crippen LogP contribution in [0.4, 0.5) is 5.00 Å². The zero-order valence-corrected chi connectivity index (χ0v) is 20.4. The molecule has 1 aliphatic carbocycles. The molecule has 2 amide bonds. The summed E-state index contributed by atoms with van der Waals surface area (Å²) < 4.78 is 0.936. The topological polar surface area (TPSA) is 85.1 Å². The van der Waals surface area contributed by atoms with E-state index in [0.717, 1.165) is 50.6 Å². The van der Waals surface area contributed by atoms with Gasteiger partial charge in [-0.15, -0.1) is 11.3 Å². The SMILES string of the molecule is C[C@@H]1CCc2c(sc(NC(=O)c3cc(-c4cccc(Br)c4)nc4ccccc34)c2C(N)=O)C1. The van der Waals surface area contributed by atoms with Crippen LogP contribution in [-0.4, -0.2) is 16.8 Å². The van der Waals surface area contributed by atoms with Gasteiger partial charge >= 0.3 is 0 Å². The number of nitrogens with one attached hydrogen (secondary N) is 1. The highest BCUT2D eigenvalue weighted by molar-refractivity contribution is 9.10. The van der Waals surface area contributed by atoms with Crippen LogP contribution in [0.15, 0.2) is 59.1 Å². The molecule has 33 heavy (non-hydrogen) atoms. The zero-order chi connectivity index (χ0) is 23.1. The normalized spacial score (nSPS) is 15.3. The molecule has 3 N–H and O–H groups in total. The Morgan fingerprint density at radius 2 is 1.97 bits per heavy atom. The Balaban J connectivity index is 1.59. The molecule has 0 saturated carbocycles. The van der Waals surface area contributed by atoms with Crippen LogP contribution in [0.1, 0.15) is 44.5 Å². The summed E-state index contributed by atoms with van der Waals surface area (Å²) in [6, 6.07) is 17.2. The van der Waals surface area contributed by atoms with Crippen molar-refractivity contribution >= 4 is 55.0 Å². The number of halogens is 1. The molecule has 0 radical (unpaired) electrons. The summed E-state index contributed by atoms with van der Waals surface area (Å²) in [5, 5.41) is 4.30. The molecule has 0 fully saturated rings. The molecule has 7 heteroatoms. The molecule has 1 aliphatic rings. The molecule has 0 spiro atoms. The Morgan fingerprint density at radius 1 is 1.15 bits per heavy atom. The van der Waals surface area contributed by atoms with E-state index in [4.69, 9.17) is 10.7 Å². The molecule has 166 valence electrons. The van der Waals surface area contributed by atoms with E-state index in [-0.39, 0.29) is 5.91 Å². The number of aromatic nitrogens is 1. The van der Waals surface area contributed by atoms with Crippen LogP contribution in [0.3, 0.4) is 0 Å². The van der Waals surface area contributed by atoms with E-state index in [1.807, 2.05) is 48.5 Å². The molecule has 0 bridgehead atoms. The van der Waals surface area contributed by atoms with Gasteiger partial charge in [0.05, 0.1) is 22.3 Å². The second kappa shape index (κ2) is 8.72. The third-order valence-electron chi connectivity index (χ3n) is 6.07. The Hall–Kier alpha value is -3.03. The van der Waals surface area contributed by atoms with Crippen LogP contribution in [0.5, 0.6) is 0 Å². The number of nitrogens with zero attached hydrogens (tertiary/aromatic N) is 1. The third-order valence-corrected chi connectivity index (χ3v) is 7.73. The number of hydrogen-bond acceptors (Lipinski definition) is 4. The summed E-state index contributed by atoms with van der Waals surface area (Å²) in [7, 11) is 0. The smallest absolute Gasteiger partial charge is 0.257 e. The first-order valence-electron chi connectivity index (χ1n) is 10.8. The summed E-state index contributed by atoms with van der Waals surface area (Å²) in [5.41, 5.74) is 10.0. The predicted octanol–water partition coefficient (Wildman–Crippen LogP) is 6.20. The van der Waals surface area contributed by atoms with E-state index in [1.165, 1.54) is 11.3 Å². The number of benzene rings is 2. The van der Waals surface area contributed by atoms with Crippen LogP contribution >= 0.6 is 27.3 Å². The number of fused-ring (bicyclic) bond motifs is 2. The Bertz CT molecular complexity index is 1410. The van der Waals surface area contributed by atoms with Gasteiger partial charge in [0.2, 0.25) is 0 Å². The number of carbonyl (C=O) groups excluding carboxylic acids is 2. The van der Waals surface area contributed by atoms with Crippen molar-refractivity contribution in [1.82, 2.24) is 4.98 Å². The van der Waals surface area contributed by atoms with E-state index in [1.54, 1.807) is 6.07 Å². The summed E-state index contributed by atoms with van der Waals surface area (Å²) in [6.07, 6.45) is 2.73. The predicted molar refractivity (Wildman–Crippen MR) is 137 cm³/mol. The van der Waals surface area contributed by atoms with E-state index in [2.05, 4.69) is 28.2 Å². The van der Waals surface area contributed by atoms with Crippen LogP contribution in [0, 0.1) is 5.92 Å². The van der Waals surface area contributed by atoms with Gasteiger partial charge in [-0.3, -0.25) is 9.59 Å². The molecule has 2 heterocycles. The Labute approximate surface area is 204 Å². The highest BCUT2D eigenvalue weighted by Crippen LogP contribution is 2.40. The van der Waals surface area contributed by atoms with E-state index >= 15 is 0 Å². The summed E-state index contributed by atoms with van der Waals surface area (Å²) >= 11 is 4.98. The van der Waals surface area contributed by atoms with Crippen molar-refractivity contribution < 1.29 is 9.59 Å². The van der Waals surface area contributed by atoms with E-state index < -0.39 is 5.91 Å². The first-order valence-corrected chi connectivity index (χ1v) is 12.4. The van der Waals surface area contributed by atoms with E-state index in [9.17, 15) is 9.59 Å². The molecule has 5 rings (SSSR count). The van der Waals surface area contributed by atoms with Crippen molar-refractivity contribution in [3.63, 3.8) is 0 Å². The monoisotopic (exact) mass is 519 g/mol. The fourth-order valence-corrected chi connectivity index (χ4v) is 6.24. The van der Waals surface area contributed by atoms with Crippen molar-refractivity contribution in [3.05, 3.63) is 80.6 Å². The maximum Gasteiger partial charge on any atom is 0.257 e. The number of pyridine rings is 1. The first kappa shape index (κ1) is 21.8. The van der Waals surface area contributed by atoms with Gasteiger partial charge in [-0.05, 0) is 55.0 Å². The van der Waals surface area contributed by atoms with Crippen molar-refractivity contribution in [2.45, 2.75) is 26.2 Å². The lowest BCUT2D eigenvalue weighted by molar-refractivity contribution is 0.1000. The van der Waals surface area contributed by atoms with Crippen LogP contribution < -0.4 is 11.1 Å². The maximum atomic E-state index is 13.5. The molecular weight excluding hydrogens is 498 g/mol. The van der Waals surface area contributed by atoms with E-state index in [0.29, 0.717) is 27.7 Å². The summed E-state index contributed by atoms with van der Waals surface area (Å²) in [4.78, 5) is 31.8. The standard InChI is InChI=1S/C26H22BrN3O2S/c1-14-9-10-18-22(11-14)33-26(23(18)24(28)31)30-25(32)19-13-21(15-5-4-6-16(27)12-15)29-20-8-3-2-7-17(19)20/h2-8,12-14H,9-11H2,1H3,(H2,28,31)(H,30,32)/t14-/m1/s1. The number of anilines is 1. The fraction of sp³-hybridized carbons (Fsp3) is 0.192. The van der Waals surface area contributed by atoms with Crippen molar-refractivity contribution in [2.24, 2.45) is 11.7 Å². The molecule has 1 atom stereocenters. The van der Waals surface area contributed by atoms with Crippen molar-refractivity contribution in [1.29, 1.82) is 0 Å². The first-order chi connectivity index (χ1) is 15.9. The van der Waals surface area contributed by atoms with Crippen LogP contribution in [0.25, 0.3) is 22.2 Å². The average Bonchev–Trinajstić information content (AvgIpc) is 3.15. The van der Waals surface area contributed by atoms with Crippen LogP contribution in [0.2, 0.25) is 0 Å². The molecule has 0 saturated heterocycles. The van der Waals surface area contributed by atoms with Gasteiger partial charge in [0.1, 0.15) is 5.00 Å². The number of rotatable bonds is 4. The average molecular weight is 520 g/mol. The van der Waals surface area contributed by atoms with Gasteiger partial charge in [-0.2, -0.15) is 0 Å². The minimum absolute atomic E-state index is 0.279. The number of thiophene rings is 1. The Morgan fingerprint density at radius 3 is 2.76 bits per heavy atom. The number of amides is 2. The number of hydrogen-bond donors (Lipinski definition) is 2. The minimum Gasteiger partial charge on any atom is -0.365 e.